The normalized spacial score (nSPS) is 17.9. The van der Waals surface area contributed by atoms with Crippen LogP contribution in [0.1, 0.15) is 24.1 Å². The van der Waals surface area contributed by atoms with E-state index in [1.807, 2.05) is 13.0 Å². The van der Waals surface area contributed by atoms with Crippen molar-refractivity contribution < 1.29 is 19.4 Å². The molecule has 150 valence electrons. The Bertz CT molecular complexity index is 1100. The first kappa shape index (κ1) is 19.3. The summed E-state index contributed by atoms with van der Waals surface area (Å²) < 4.78 is 5.43. The Hall–Kier alpha value is -4.00. The third-order valence-electron chi connectivity index (χ3n) is 4.77. The second-order valence-corrected chi connectivity index (χ2v) is 6.59. The van der Waals surface area contributed by atoms with Crippen LogP contribution in [0.15, 0.2) is 78.6 Å². The maximum absolute atomic E-state index is 13.0. The van der Waals surface area contributed by atoms with Crippen LogP contribution in [0.4, 0.5) is 5.95 Å². The molecule has 0 unspecified atom stereocenters. The number of ether oxygens (including phenoxy) is 1. The van der Waals surface area contributed by atoms with Crippen LogP contribution < -0.4 is 9.64 Å². The number of rotatable bonds is 5. The minimum atomic E-state index is -0.847. The number of carbonyl (C=O) groups is 2. The summed E-state index contributed by atoms with van der Waals surface area (Å²) in [6, 6.07) is 16.5. The molecule has 4 rings (SSSR count). The zero-order chi connectivity index (χ0) is 21.1. The lowest BCUT2D eigenvalue weighted by Crippen LogP contribution is -2.31. The second-order valence-electron chi connectivity index (χ2n) is 6.59. The number of aromatic nitrogens is 2. The molecular formula is C23H19N3O4. The summed E-state index contributed by atoms with van der Waals surface area (Å²) in [5.74, 6) is -1.10. The van der Waals surface area contributed by atoms with E-state index < -0.39 is 17.7 Å². The van der Waals surface area contributed by atoms with Crippen molar-refractivity contribution in [1.82, 2.24) is 9.97 Å². The number of aliphatic hydroxyl groups is 1. The fraction of sp³-hybridized carbons (Fsp3) is 0.130. The molecule has 1 atom stereocenters. The second kappa shape index (κ2) is 8.16. The summed E-state index contributed by atoms with van der Waals surface area (Å²) in [6.45, 7) is 2.39. The van der Waals surface area contributed by atoms with Gasteiger partial charge in [-0.2, -0.15) is 0 Å². The number of nitrogens with zero attached hydrogens (tertiary/aromatic N) is 3. The van der Waals surface area contributed by atoms with E-state index in [0.717, 1.165) is 0 Å². The first-order chi connectivity index (χ1) is 14.6. The van der Waals surface area contributed by atoms with E-state index in [4.69, 9.17) is 4.74 Å². The highest BCUT2D eigenvalue weighted by atomic mass is 16.5. The monoisotopic (exact) mass is 401 g/mol. The number of hydrogen-bond donors (Lipinski definition) is 1. The van der Waals surface area contributed by atoms with Crippen molar-refractivity contribution in [3.63, 3.8) is 0 Å². The zero-order valence-electron chi connectivity index (χ0n) is 16.2. The third kappa shape index (κ3) is 3.41. The smallest absolute Gasteiger partial charge is 0.302 e. The number of aliphatic hydroxyl groups excluding tert-OH is 1. The molecule has 1 saturated heterocycles. The number of benzene rings is 2. The van der Waals surface area contributed by atoms with Gasteiger partial charge in [0, 0.05) is 18.0 Å². The molecule has 1 amide bonds. The summed E-state index contributed by atoms with van der Waals surface area (Å²) >= 11 is 0. The van der Waals surface area contributed by atoms with Crippen LogP contribution in [0.5, 0.6) is 5.75 Å². The highest BCUT2D eigenvalue weighted by molar-refractivity contribution is 6.51. The molecule has 1 N–H and O–H groups in total. The van der Waals surface area contributed by atoms with Gasteiger partial charge in [0.15, 0.2) is 0 Å². The number of ketones is 1. The maximum Gasteiger partial charge on any atom is 0.302 e. The molecule has 1 aliphatic rings. The maximum atomic E-state index is 13.0. The van der Waals surface area contributed by atoms with Crippen molar-refractivity contribution in [2.75, 3.05) is 11.5 Å². The third-order valence-corrected chi connectivity index (χ3v) is 4.77. The standard InChI is InChI=1S/C23H19N3O4/c1-2-30-17-11-9-16(10-12-17)20(27)18-19(15-7-4-3-5-8-15)26(22(29)21(18)28)23-24-13-6-14-25-23/h3-14,19,27H,2H2,1H3/b20-18+/t19-/m1/s1. The molecule has 2 heterocycles. The number of Topliss-reactive ketones (excluding diaryl/α,β-unsaturated/α-hetero) is 1. The van der Waals surface area contributed by atoms with Crippen LogP contribution in [-0.4, -0.2) is 33.4 Å². The number of amides is 1. The minimum Gasteiger partial charge on any atom is -0.507 e. The predicted octanol–water partition coefficient (Wildman–Crippen LogP) is 3.50. The van der Waals surface area contributed by atoms with Crippen molar-refractivity contribution >= 4 is 23.4 Å². The van der Waals surface area contributed by atoms with Gasteiger partial charge in [-0.3, -0.25) is 14.5 Å². The van der Waals surface area contributed by atoms with Gasteiger partial charge in [0.2, 0.25) is 5.95 Å². The summed E-state index contributed by atoms with van der Waals surface area (Å²) in [5, 5.41) is 11.0. The molecule has 0 aliphatic carbocycles. The van der Waals surface area contributed by atoms with Crippen molar-refractivity contribution in [1.29, 1.82) is 0 Å². The highest BCUT2D eigenvalue weighted by Gasteiger charge is 2.48. The fourth-order valence-electron chi connectivity index (χ4n) is 3.44. The molecule has 1 fully saturated rings. The van der Waals surface area contributed by atoms with E-state index in [1.54, 1.807) is 54.6 Å². The zero-order valence-corrected chi connectivity index (χ0v) is 16.2. The lowest BCUT2D eigenvalue weighted by Gasteiger charge is -2.23. The van der Waals surface area contributed by atoms with Crippen molar-refractivity contribution in [3.8, 4) is 5.75 Å². The van der Waals surface area contributed by atoms with Gasteiger partial charge in [-0.1, -0.05) is 30.3 Å². The van der Waals surface area contributed by atoms with Gasteiger partial charge in [-0.15, -0.1) is 0 Å². The summed E-state index contributed by atoms with van der Waals surface area (Å²) in [7, 11) is 0. The first-order valence-corrected chi connectivity index (χ1v) is 9.48. The Labute approximate surface area is 173 Å². The van der Waals surface area contributed by atoms with E-state index in [2.05, 4.69) is 9.97 Å². The predicted molar refractivity (Wildman–Crippen MR) is 111 cm³/mol. The summed E-state index contributed by atoms with van der Waals surface area (Å²) in [5.41, 5.74) is 1.06. The molecule has 1 aliphatic heterocycles. The molecular weight excluding hydrogens is 382 g/mol. The van der Waals surface area contributed by atoms with Crippen molar-refractivity contribution in [2.45, 2.75) is 13.0 Å². The van der Waals surface area contributed by atoms with Crippen molar-refractivity contribution in [3.05, 3.63) is 89.8 Å². The Balaban J connectivity index is 1.87. The average molecular weight is 401 g/mol. The van der Waals surface area contributed by atoms with E-state index in [0.29, 0.717) is 23.5 Å². The Morgan fingerprint density at radius 2 is 1.67 bits per heavy atom. The highest BCUT2D eigenvalue weighted by Crippen LogP contribution is 2.40. The van der Waals surface area contributed by atoms with Crippen LogP contribution in [-0.2, 0) is 9.59 Å². The quantitative estimate of drug-likeness (QED) is 0.400. The van der Waals surface area contributed by atoms with Crippen molar-refractivity contribution in [2.24, 2.45) is 0 Å². The molecule has 30 heavy (non-hydrogen) atoms. The lowest BCUT2D eigenvalue weighted by molar-refractivity contribution is -0.132. The van der Waals surface area contributed by atoms with Crippen LogP contribution in [0.2, 0.25) is 0 Å². The Morgan fingerprint density at radius 3 is 2.30 bits per heavy atom. The molecule has 2 aromatic carbocycles. The largest absolute Gasteiger partial charge is 0.507 e. The fourth-order valence-corrected chi connectivity index (χ4v) is 3.44. The van der Waals surface area contributed by atoms with Crippen LogP contribution in [0, 0.1) is 0 Å². The molecule has 7 heteroatoms. The molecule has 1 aromatic heterocycles. The van der Waals surface area contributed by atoms with Crippen LogP contribution >= 0.6 is 0 Å². The Morgan fingerprint density at radius 1 is 1.00 bits per heavy atom. The van der Waals surface area contributed by atoms with Crippen LogP contribution in [0.25, 0.3) is 5.76 Å². The SMILES string of the molecule is CCOc1ccc(/C(O)=C2\C(=O)C(=O)N(c3ncccn3)[C@@H]2c2ccccc2)cc1. The van der Waals surface area contributed by atoms with Gasteiger partial charge >= 0.3 is 5.91 Å². The molecule has 7 nitrogen and oxygen atoms in total. The van der Waals surface area contributed by atoms with Gasteiger partial charge in [0.25, 0.3) is 5.78 Å². The topological polar surface area (TPSA) is 92.6 Å². The first-order valence-electron chi connectivity index (χ1n) is 9.48. The van der Waals surface area contributed by atoms with E-state index in [1.165, 1.54) is 17.3 Å². The summed E-state index contributed by atoms with van der Waals surface area (Å²) in [4.78, 5) is 35.4. The number of hydrogen-bond acceptors (Lipinski definition) is 6. The number of anilines is 1. The van der Waals surface area contributed by atoms with Gasteiger partial charge in [-0.05, 0) is 42.8 Å². The molecule has 0 radical (unpaired) electrons. The van der Waals surface area contributed by atoms with Gasteiger partial charge in [0.05, 0.1) is 18.2 Å². The van der Waals surface area contributed by atoms with Gasteiger partial charge in [-0.25, -0.2) is 9.97 Å². The molecule has 0 spiro atoms. The van der Waals surface area contributed by atoms with Crippen LogP contribution in [0.3, 0.4) is 0 Å². The van der Waals surface area contributed by atoms with Gasteiger partial charge < -0.3 is 9.84 Å². The summed E-state index contributed by atoms with van der Waals surface area (Å²) in [6.07, 6.45) is 2.99. The van der Waals surface area contributed by atoms with E-state index >= 15 is 0 Å². The number of carbonyl (C=O) groups excluding carboxylic acids is 2. The Kier molecular flexibility index (Phi) is 5.26. The van der Waals surface area contributed by atoms with Gasteiger partial charge in [0.1, 0.15) is 11.5 Å². The molecule has 3 aromatic rings. The molecule has 0 saturated carbocycles. The molecule has 0 bridgehead atoms. The van der Waals surface area contributed by atoms with E-state index in [9.17, 15) is 14.7 Å². The minimum absolute atomic E-state index is 0.0113. The van der Waals surface area contributed by atoms with E-state index in [-0.39, 0.29) is 17.3 Å². The lowest BCUT2D eigenvalue weighted by atomic mass is 9.95. The average Bonchev–Trinajstić information content (AvgIpc) is 3.06.